The first-order valence-electron chi connectivity index (χ1n) is 5.21. The van der Waals surface area contributed by atoms with Gasteiger partial charge < -0.3 is 14.2 Å². The number of carbonyl (C=O) groups is 1. The highest BCUT2D eigenvalue weighted by Crippen LogP contribution is 2.11. The van der Waals surface area contributed by atoms with Gasteiger partial charge in [0.25, 0.3) is 0 Å². The summed E-state index contributed by atoms with van der Waals surface area (Å²) in [7, 11) is 1.59. The van der Waals surface area contributed by atoms with Gasteiger partial charge in [0, 0.05) is 13.2 Å². The van der Waals surface area contributed by atoms with Crippen molar-refractivity contribution in [2.75, 3.05) is 32.2 Å². The van der Waals surface area contributed by atoms with Gasteiger partial charge >= 0.3 is 6.09 Å². The van der Waals surface area contributed by atoms with Crippen molar-refractivity contribution < 1.29 is 19.0 Å². The van der Waals surface area contributed by atoms with Crippen molar-refractivity contribution in [2.45, 2.75) is 0 Å². The molecule has 0 aliphatic carbocycles. The quantitative estimate of drug-likeness (QED) is 0.608. The predicted molar refractivity (Wildman–Crippen MR) is 65.4 cm³/mol. The smallest absolute Gasteiger partial charge is 0.412 e. The number of ether oxygens (including phenoxy) is 3. The lowest BCUT2D eigenvalue weighted by Crippen LogP contribution is -2.14. The molecule has 1 heterocycles. The molecule has 1 rings (SSSR count). The van der Waals surface area contributed by atoms with E-state index in [4.69, 9.17) is 15.9 Å². The number of amides is 1. The second kappa shape index (κ2) is 7.92. The molecule has 1 amide bonds. The van der Waals surface area contributed by atoms with Crippen LogP contribution >= 0.6 is 0 Å². The molecule has 6 nitrogen and oxygen atoms in total. The van der Waals surface area contributed by atoms with Crippen LogP contribution in [-0.2, 0) is 9.47 Å². The fourth-order valence-corrected chi connectivity index (χ4v) is 1.03. The molecule has 0 aliphatic rings. The van der Waals surface area contributed by atoms with E-state index in [-0.39, 0.29) is 6.61 Å². The molecule has 0 aromatic carbocycles. The number of aromatic nitrogens is 1. The summed E-state index contributed by atoms with van der Waals surface area (Å²) >= 11 is 0. The molecule has 0 fully saturated rings. The van der Waals surface area contributed by atoms with Crippen LogP contribution in [0.5, 0.6) is 5.88 Å². The first-order chi connectivity index (χ1) is 8.76. The summed E-state index contributed by atoms with van der Waals surface area (Å²) in [4.78, 5) is 15.2. The average molecular weight is 250 g/mol. The SMILES string of the molecule is C#CCOC(=O)Nc1ccc(OCCOC)nc1. The summed E-state index contributed by atoms with van der Waals surface area (Å²) in [6.45, 7) is 0.831. The van der Waals surface area contributed by atoms with E-state index in [0.29, 0.717) is 24.8 Å². The van der Waals surface area contributed by atoms with Crippen LogP contribution in [0.2, 0.25) is 0 Å². The van der Waals surface area contributed by atoms with E-state index in [1.807, 2.05) is 0 Å². The van der Waals surface area contributed by atoms with Crippen LogP contribution in [0.4, 0.5) is 10.5 Å². The maximum atomic E-state index is 11.2. The van der Waals surface area contributed by atoms with Crippen molar-refractivity contribution >= 4 is 11.8 Å². The standard InChI is InChI=1S/C12H14N2O4/c1-3-6-18-12(15)14-10-4-5-11(13-9-10)17-8-7-16-2/h1,4-5,9H,6-8H2,2H3,(H,14,15). The second-order valence-corrected chi connectivity index (χ2v) is 3.13. The number of carbonyl (C=O) groups excluding carboxylic acids is 1. The van der Waals surface area contributed by atoms with Crippen molar-refractivity contribution in [2.24, 2.45) is 0 Å². The zero-order chi connectivity index (χ0) is 13.2. The third kappa shape index (κ3) is 5.18. The Hall–Kier alpha value is -2.26. The number of rotatable bonds is 6. The normalized spacial score (nSPS) is 9.33. The molecule has 0 saturated carbocycles. The monoisotopic (exact) mass is 250 g/mol. The van der Waals surface area contributed by atoms with Gasteiger partial charge in [0.2, 0.25) is 5.88 Å². The Morgan fingerprint density at radius 2 is 2.33 bits per heavy atom. The maximum absolute atomic E-state index is 11.2. The molecule has 0 unspecified atom stereocenters. The van der Waals surface area contributed by atoms with Gasteiger partial charge in [-0.25, -0.2) is 9.78 Å². The van der Waals surface area contributed by atoms with E-state index in [1.54, 1.807) is 19.2 Å². The van der Waals surface area contributed by atoms with Gasteiger partial charge in [-0.3, -0.25) is 5.32 Å². The molecule has 0 spiro atoms. The molecular weight excluding hydrogens is 236 g/mol. The Balaban J connectivity index is 2.40. The van der Waals surface area contributed by atoms with Crippen LogP contribution < -0.4 is 10.1 Å². The minimum Gasteiger partial charge on any atom is -0.475 e. The Morgan fingerprint density at radius 3 is 2.94 bits per heavy atom. The lowest BCUT2D eigenvalue weighted by Gasteiger charge is -2.06. The number of hydrogen-bond acceptors (Lipinski definition) is 5. The van der Waals surface area contributed by atoms with E-state index in [9.17, 15) is 4.79 Å². The van der Waals surface area contributed by atoms with E-state index in [1.165, 1.54) is 6.20 Å². The van der Waals surface area contributed by atoms with Crippen LogP contribution in [0.3, 0.4) is 0 Å². The zero-order valence-electron chi connectivity index (χ0n) is 10.0. The second-order valence-electron chi connectivity index (χ2n) is 3.13. The summed E-state index contributed by atoms with van der Waals surface area (Å²) in [5.41, 5.74) is 0.496. The maximum Gasteiger partial charge on any atom is 0.412 e. The fourth-order valence-electron chi connectivity index (χ4n) is 1.03. The van der Waals surface area contributed by atoms with E-state index in [2.05, 4.69) is 21.0 Å². The number of methoxy groups -OCH3 is 1. The molecular formula is C12H14N2O4. The van der Waals surface area contributed by atoms with Gasteiger partial charge in [-0.15, -0.1) is 6.42 Å². The number of pyridine rings is 1. The van der Waals surface area contributed by atoms with Crippen LogP contribution in [-0.4, -0.2) is 38.0 Å². The van der Waals surface area contributed by atoms with Gasteiger partial charge in [-0.2, -0.15) is 0 Å². The number of nitrogens with one attached hydrogen (secondary N) is 1. The van der Waals surface area contributed by atoms with Crippen LogP contribution in [0.15, 0.2) is 18.3 Å². The third-order valence-corrected chi connectivity index (χ3v) is 1.81. The van der Waals surface area contributed by atoms with Crippen LogP contribution in [0.1, 0.15) is 0 Å². The Labute approximate surface area is 105 Å². The Bertz CT molecular complexity index is 411. The molecule has 0 atom stereocenters. The first-order valence-corrected chi connectivity index (χ1v) is 5.21. The topological polar surface area (TPSA) is 69.7 Å². The molecule has 0 aliphatic heterocycles. The molecule has 1 N–H and O–H groups in total. The van der Waals surface area contributed by atoms with Gasteiger partial charge in [0.1, 0.15) is 6.61 Å². The number of terminal acetylenes is 1. The minimum atomic E-state index is -0.622. The zero-order valence-corrected chi connectivity index (χ0v) is 10.0. The molecule has 0 radical (unpaired) electrons. The highest BCUT2D eigenvalue weighted by Gasteiger charge is 2.03. The molecule has 0 bridgehead atoms. The van der Waals surface area contributed by atoms with Crippen molar-refractivity contribution in [3.8, 4) is 18.2 Å². The van der Waals surface area contributed by atoms with Gasteiger partial charge in [0.05, 0.1) is 18.5 Å². The minimum absolute atomic E-state index is 0.0720. The number of anilines is 1. The summed E-state index contributed by atoms with van der Waals surface area (Å²) < 4.78 is 14.7. The molecule has 1 aromatic rings. The van der Waals surface area contributed by atoms with E-state index in [0.717, 1.165) is 0 Å². The summed E-state index contributed by atoms with van der Waals surface area (Å²) in [5, 5.41) is 2.47. The molecule has 6 heteroatoms. The van der Waals surface area contributed by atoms with E-state index < -0.39 is 6.09 Å². The molecule has 96 valence electrons. The fraction of sp³-hybridized carbons (Fsp3) is 0.333. The third-order valence-electron chi connectivity index (χ3n) is 1.81. The highest BCUT2D eigenvalue weighted by molar-refractivity contribution is 5.84. The summed E-state index contributed by atoms with van der Waals surface area (Å²) in [6.07, 6.45) is 5.79. The average Bonchev–Trinajstić information content (AvgIpc) is 2.39. The van der Waals surface area contributed by atoms with Crippen molar-refractivity contribution in [1.82, 2.24) is 4.98 Å². The Morgan fingerprint density at radius 1 is 1.50 bits per heavy atom. The molecule has 0 saturated heterocycles. The van der Waals surface area contributed by atoms with Gasteiger partial charge in [0.15, 0.2) is 6.61 Å². The predicted octanol–water partition coefficient (Wildman–Crippen LogP) is 1.29. The largest absolute Gasteiger partial charge is 0.475 e. The lowest BCUT2D eigenvalue weighted by atomic mass is 10.4. The molecule has 18 heavy (non-hydrogen) atoms. The van der Waals surface area contributed by atoms with Gasteiger partial charge in [-0.05, 0) is 6.07 Å². The Kier molecular flexibility index (Phi) is 6.08. The van der Waals surface area contributed by atoms with Gasteiger partial charge in [-0.1, -0.05) is 5.92 Å². The number of nitrogens with zero attached hydrogens (tertiary/aromatic N) is 1. The summed E-state index contributed by atoms with van der Waals surface area (Å²) in [6, 6.07) is 3.28. The van der Waals surface area contributed by atoms with E-state index >= 15 is 0 Å². The highest BCUT2D eigenvalue weighted by atomic mass is 16.5. The lowest BCUT2D eigenvalue weighted by molar-refractivity contribution is 0.144. The molecule has 1 aromatic heterocycles. The number of hydrogen-bond donors (Lipinski definition) is 1. The van der Waals surface area contributed by atoms with Crippen molar-refractivity contribution in [3.05, 3.63) is 18.3 Å². The summed E-state index contributed by atoms with van der Waals surface area (Å²) in [5.74, 6) is 2.64. The van der Waals surface area contributed by atoms with Crippen LogP contribution in [0, 0.1) is 12.3 Å². The van der Waals surface area contributed by atoms with Crippen molar-refractivity contribution in [3.63, 3.8) is 0 Å². The van der Waals surface area contributed by atoms with Crippen molar-refractivity contribution in [1.29, 1.82) is 0 Å². The van der Waals surface area contributed by atoms with Crippen LogP contribution in [0.25, 0.3) is 0 Å². The first kappa shape index (κ1) is 13.8.